The van der Waals surface area contributed by atoms with Crippen molar-refractivity contribution in [3.05, 3.63) is 29.8 Å². The Morgan fingerprint density at radius 2 is 1.94 bits per heavy atom. The van der Waals surface area contributed by atoms with Crippen molar-refractivity contribution in [2.45, 2.75) is 29.4 Å². The molecule has 0 atom stereocenters. The second-order valence-corrected chi connectivity index (χ2v) is 6.12. The molecule has 2 rings (SSSR count). The van der Waals surface area contributed by atoms with Crippen LogP contribution in [0.2, 0.25) is 0 Å². The third-order valence-electron chi connectivity index (χ3n) is 2.58. The van der Waals surface area contributed by atoms with Gasteiger partial charge in [-0.3, -0.25) is 4.79 Å². The summed E-state index contributed by atoms with van der Waals surface area (Å²) in [7, 11) is -3.31. The average Bonchev–Trinajstić information content (AvgIpc) is 3.00. The van der Waals surface area contributed by atoms with Gasteiger partial charge in [0.15, 0.2) is 9.84 Å². The Labute approximate surface area is 93.8 Å². The van der Waals surface area contributed by atoms with Crippen LogP contribution in [0.15, 0.2) is 29.2 Å². The quantitative estimate of drug-likeness (QED) is 0.859. The zero-order valence-corrected chi connectivity index (χ0v) is 9.40. The number of hydrogen-bond donors (Lipinski definition) is 1. The van der Waals surface area contributed by atoms with Gasteiger partial charge in [-0.15, -0.1) is 0 Å². The molecule has 1 aliphatic carbocycles. The van der Waals surface area contributed by atoms with Crippen LogP contribution in [0.3, 0.4) is 0 Å². The molecule has 1 fully saturated rings. The lowest BCUT2D eigenvalue weighted by molar-refractivity contribution is -0.136. The topological polar surface area (TPSA) is 71.4 Å². The molecular weight excluding hydrogens is 228 g/mol. The number of hydrogen-bond acceptors (Lipinski definition) is 3. The minimum absolute atomic E-state index is 0.180. The fourth-order valence-corrected chi connectivity index (χ4v) is 3.54. The zero-order chi connectivity index (χ0) is 11.8. The number of carboxylic acids is 1. The fourth-order valence-electron chi connectivity index (χ4n) is 1.65. The van der Waals surface area contributed by atoms with Gasteiger partial charge in [-0.25, -0.2) is 8.42 Å². The minimum Gasteiger partial charge on any atom is -0.481 e. The predicted molar refractivity (Wildman–Crippen MR) is 58.0 cm³/mol. The molecule has 0 aliphatic heterocycles. The SMILES string of the molecule is O=C(O)Cc1ccccc1S(=O)(=O)C1CC1. The Hall–Kier alpha value is -1.36. The van der Waals surface area contributed by atoms with Gasteiger partial charge in [-0.2, -0.15) is 0 Å². The van der Waals surface area contributed by atoms with E-state index in [4.69, 9.17) is 5.11 Å². The summed E-state index contributed by atoms with van der Waals surface area (Å²) in [5.41, 5.74) is 0.377. The van der Waals surface area contributed by atoms with Crippen molar-refractivity contribution < 1.29 is 18.3 Å². The molecule has 0 bridgehead atoms. The molecular formula is C11H12O4S. The smallest absolute Gasteiger partial charge is 0.307 e. The monoisotopic (exact) mass is 240 g/mol. The highest BCUT2D eigenvalue weighted by Crippen LogP contribution is 2.34. The van der Waals surface area contributed by atoms with Crippen LogP contribution < -0.4 is 0 Å². The Morgan fingerprint density at radius 1 is 1.31 bits per heavy atom. The summed E-state index contributed by atoms with van der Waals surface area (Å²) >= 11 is 0. The first-order chi connectivity index (χ1) is 7.51. The number of carboxylic acid groups (broad SMARTS) is 1. The van der Waals surface area contributed by atoms with Crippen molar-refractivity contribution in [1.82, 2.24) is 0 Å². The van der Waals surface area contributed by atoms with Gasteiger partial charge in [0.05, 0.1) is 16.6 Å². The number of carbonyl (C=O) groups is 1. The van der Waals surface area contributed by atoms with Crippen LogP contribution in [0, 0.1) is 0 Å². The zero-order valence-electron chi connectivity index (χ0n) is 8.59. The van der Waals surface area contributed by atoms with Gasteiger partial charge >= 0.3 is 5.97 Å². The van der Waals surface area contributed by atoms with Crippen molar-refractivity contribution in [3.8, 4) is 0 Å². The molecule has 1 N–H and O–H groups in total. The highest BCUT2D eigenvalue weighted by Gasteiger charge is 2.37. The van der Waals surface area contributed by atoms with Crippen LogP contribution in [0.25, 0.3) is 0 Å². The van der Waals surface area contributed by atoms with E-state index in [0.29, 0.717) is 18.4 Å². The lowest BCUT2D eigenvalue weighted by atomic mass is 10.1. The molecule has 1 aliphatic rings. The molecule has 16 heavy (non-hydrogen) atoms. The Balaban J connectivity index is 2.43. The summed E-state index contributed by atoms with van der Waals surface area (Å²) in [6, 6.07) is 6.33. The molecule has 0 unspecified atom stereocenters. The van der Waals surface area contributed by atoms with Crippen molar-refractivity contribution in [3.63, 3.8) is 0 Å². The van der Waals surface area contributed by atoms with Crippen LogP contribution in [0.5, 0.6) is 0 Å². The van der Waals surface area contributed by atoms with E-state index in [9.17, 15) is 13.2 Å². The molecule has 0 aromatic heterocycles. The Bertz CT molecular complexity index is 515. The number of rotatable bonds is 4. The summed E-state index contributed by atoms with van der Waals surface area (Å²) in [6.45, 7) is 0. The van der Waals surface area contributed by atoms with E-state index in [1.807, 2.05) is 0 Å². The molecule has 0 saturated heterocycles. The standard InChI is InChI=1S/C11H12O4S/c12-11(13)7-8-3-1-2-4-10(8)16(14,15)9-5-6-9/h1-4,9H,5-7H2,(H,12,13). The van der Waals surface area contributed by atoms with Gasteiger partial charge in [0.1, 0.15) is 0 Å². The van der Waals surface area contributed by atoms with E-state index in [1.54, 1.807) is 18.2 Å². The molecule has 0 amide bonds. The highest BCUT2D eigenvalue weighted by atomic mass is 32.2. The van der Waals surface area contributed by atoms with E-state index in [0.717, 1.165) is 0 Å². The van der Waals surface area contributed by atoms with Gasteiger partial charge in [0, 0.05) is 0 Å². The third-order valence-corrected chi connectivity index (χ3v) is 4.94. The van der Waals surface area contributed by atoms with Gasteiger partial charge in [-0.1, -0.05) is 18.2 Å². The first-order valence-corrected chi connectivity index (χ1v) is 6.60. The summed E-state index contributed by atoms with van der Waals surface area (Å²) in [5.74, 6) is -1.02. The van der Waals surface area contributed by atoms with Crippen molar-refractivity contribution in [2.75, 3.05) is 0 Å². The molecule has 0 radical (unpaired) electrons. The second kappa shape index (κ2) is 3.90. The minimum atomic E-state index is -3.31. The van der Waals surface area contributed by atoms with Crippen LogP contribution in [-0.4, -0.2) is 24.7 Å². The van der Waals surface area contributed by atoms with Gasteiger partial charge in [0.25, 0.3) is 0 Å². The normalized spacial score (nSPS) is 16.0. The average molecular weight is 240 g/mol. The van der Waals surface area contributed by atoms with Crippen LogP contribution in [-0.2, 0) is 21.1 Å². The Morgan fingerprint density at radius 3 is 2.50 bits per heavy atom. The van der Waals surface area contributed by atoms with E-state index in [2.05, 4.69) is 0 Å². The molecule has 86 valence electrons. The van der Waals surface area contributed by atoms with E-state index in [-0.39, 0.29) is 16.6 Å². The molecule has 0 spiro atoms. The maximum atomic E-state index is 12.0. The van der Waals surface area contributed by atoms with Crippen molar-refractivity contribution >= 4 is 15.8 Å². The molecule has 4 nitrogen and oxygen atoms in total. The molecule has 0 heterocycles. The summed E-state index contributed by atoms with van der Waals surface area (Å²) in [5, 5.41) is 8.41. The highest BCUT2D eigenvalue weighted by molar-refractivity contribution is 7.92. The van der Waals surface area contributed by atoms with Crippen LogP contribution in [0.4, 0.5) is 0 Å². The molecule has 1 aromatic rings. The number of aliphatic carboxylic acids is 1. The van der Waals surface area contributed by atoms with Gasteiger partial charge < -0.3 is 5.11 Å². The maximum Gasteiger partial charge on any atom is 0.307 e. The van der Waals surface area contributed by atoms with Gasteiger partial charge in [-0.05, 0) is 24.5 Å². The maximum absolute atomic E-state index is 12.0. The Kier molecular flexibility index (Phi) is 2.71. The summed E-state index contributed by atoms with van der Waals surface area (Å²) in [6.07, 6.45) is 1.12. The van der Waals surface area contributed by atoms with Crippen LogP contribution >= 0.6 is 0 Å². The van der Waals surface area contributed by atoms with Crippen LogP contribution in [0.1, 0.15) is 18.4 Å². The van der Waals surface area contributed by atoms with E-state index < -0.39 is 15.8 Å². The fraction of sp³-hybridized carbons (Fsp3) is 0.364. The first kappa shape index (κ1) is 11.1. The van der Waals surface area contributed by atoms with Gasteiger partial charge in [0.2, 0.25) is 0 Å². The summed E-state index contributed by atoms with van der Waals surface area (Å²) < 4.78 is 24.0. The molecule has 5 heteroatoms. The number of sulfone groups is 1. The van der Waals surface area contributed by atoms with Crippen molar-refractivity contribution in [2.24, 2.45) is 0 Å². The van der Waals surface area contributed by atoms with E-state index >= 15 is 0 Å². The lowest BCUT2D eigenvalue weighted by Crippen LogP contribution is -2.12. The second-order valence-electron chi connectivity index (χ2n) is 3.92. The molecule has 1 aromatic carbocycles. The summed E-state index contributed by atoms with van der Waals surface area (Å²) in [4.78, 5) is 10.8. The largest absolute Gasteiger partial charge is 0.481 e. The van der Waals surface area contributed by atoms with E-state index in [1.165, 1.54) is 6.07 Å². The predicted octanol–water partition coefficient (Wildman–Crippen LogP) is 1.25. The third kappa shape index (κ3) is 2.09. The van der Waals surface area contributed by atoms with Crippen molar-refractivity contribution in [1.29, 1.82) is 0 Å². The lowest BCUT2D eigenvalue weighted by Gasteiger charge is -2.07. The first-order valence-electron chi connectivity index (χ1n) is 5.05. The molecule has 1 saturated carbocycles. The number of benzene rings is 1.